The van der Waals surface area contributed by atoms with Crippen LogP contribution >= 0.6 is 27.5 Å². The smallest absolute Gasteiger partial charge is 0.242 e. The highest BCUT2D eigenvalue weighted by atomic mass is 79.9. The molecular formula is C18H16BrClN4O. The molecule has 0 bridgehead atoms. The second kappa shape index (κ2) is 7.82. The summed E-state index contributed by atoms with van der Waals surface area (Å²) in [5.41, 5.74) is 8.49. The highest BCUT2D eigenvalue weighted by Gasteiger charge is 2.16. The third kappa shape index (κ3) is 4.48. The summed E-state index contributed by atoms with van der Waals surface area (Å²) < 4.78 is 0.900. The molecule has 1 amide bonds. The Labute approximate surface area is 158 Å². The van der Waals surface area contributed by atoms with E-state index in [1.165, 1.54) is 0 Å². The van der Waals surface area contributed by atoms with E-state index in [0.29, 0.717) is 23.0 Å². The SMILES string of the molecule is N[C@H](Cc1ccccc1)C(=O)Nc1cc(-c2cc(Br)ccc2Cl)[nH]n1. The first kappa shape index (κ1) is 17.7. The zero-order chi connectivity index (χ0) is 17.8. The first-order valence-electron chi connectivity index (χ1n) is 7.64. The molecule has 4 N–H and O–H groups in total. The molecule has 0 radical (unpaired) electrons. The van der Waals surface area contributed by atoms with Gasteiger partial charge in [-0.3, -0.25) is 9.89 Å². The predicted molar refractivity (Wildman–Crippen MR) is 103 cm³/mol. The van der Waals surface area contributed by atoms with Crippen LogP contribution in [0, 0.1) is 0 Å². The van der Waals surface area contributed by atoms with Crippen molar-refractivity contribution in [3.63, 3.8) is 0 Å². The van der Waals surface area contributed by atoms with Gasteiger partial charge in [-0.2, -0.15) is 5.10 Å². The van der Waals surface area contributed by atoms with Crippen LogP contribution in [0.2, 0.25) is 5.02 Å². The Kier molecular flexibility index (Phi) is 5.53. The summed E-state index contributed by atoms with van der Waals surface area (Å²) in [6.45, 7) is 0. The quantitative estimate of drug-likeness (QED) is 0.584. The molecule has 5 nitrogen and oxygen atoms in total. The number of hydrogen-bond donors (Lipinski definition) is 3. The van der Waals surface area contributed by atoms with E-state index in [1.54, 1.807) is 12.1 Å². The van der Waals surface area contributed by atoms with E-state index in [9.17, 15) is 4.79 Å². The maximum Gasteiger partial charge on any atom is 0.242 e. The monoisotopic (exact) mass is 418 g/mol. The van der Waals surface area contributed by atoms with Crippen molar-refractivity contribution < 1.29 is 4.79 Å². The number of rotatable bonds is 5. The molecule has 1 heterocycles. The lowest BCUT2D eigenvalue weighted by Gasteiger charge is -2.10. The minimum absolute atomic E-state index is 0.290. The Morgan fingerprint density at radius 1 is 1.24 bits per heavy atom. The molecule has 0 fully saturated rings. The fourth-order valence-corrected chi connectivity index (χ4v) is 2.99. The molecule has 1 atom stereocenters. The predicted octanol–water partition coefficient (Wildman–Crippen LogP) is 4.00. The Morgan fingerprint density at radius 2 is 2.00 bits per heavy atom. The van der Waals surface area contributed by atoms with Crippen molar-refractivity contribution in [2.45, 2.75) is 12.5 Å². The number of carbonyl (C=O) groups excluding carboxylic acids is 1. The molecule has 128 valence electrons. The number of carbonyl (C=O) groups is 1. The maximum absolute atomic E-state index is 12.3. The van der Waals surface area contributed by atoms with Gasteiger partial charge in [0.2, 0.25) is 5.91 Å². The van der Waals surface area contributed by atoms with Crippen LogP contribution in [0.25, 0.3) is 11.3 Å². The summed E-state index contributed by atoms with van der Waals surface area (Å²) in [5.74, 6) is 0.113. The average molecular weight is 420 g/mol. The van der Waals surface area contributed by atoms with Gasteiger partial charge in [-0.25, -0.2) is 0 Å². The molecule has 1 aromatic heterocycles. The topological polar surface area (TPSA) is 83.8 Å². The standard InChI is InChI=1S/C18H16BrClN4O/c19-12-6-7-14(20)13(9-12)16-10-17(24-23-16)22-18(25)15(21)8-11-4-2-1-3-5-11/h1-7,9-10,15H,8,21H2,(H2,22,23,24,25)/t15-/m1/s1. The van der Waals surface area contributed by atoms with Gasteiger partial charge >= 0.3 is 0 Å². The number of aromatic nitrogens is 2. The molecule has 0 aliphatic rings. The molecule has 0 spiro atoms. The number of nitrogens with zero attached hydrogens (tertiary/aromatic N) is 1. The van der Waals surface area contributed by atoms with Gasteiger partial charge in [-0.05, 0) is 30.2 Å². The first-order chi connectivity index (χ1) is 12.0. The van der Waals surface area contributed by atoms with Gasteiger partial charge in [-0.15, -0.1) is 0 Å². The second-order valence-electron chi connectivity index (χ2n) is 5.58. The van der Waals surface area contributed by atoms with Crippen molar-refractivity contribution in [1.29, 1.82) is 0 Å². The largest absolute Gasteiger partial charge is 0.320 e. The number of H-pyrrole nitrogens is 1. The molecule has 0 saturated carbocycles. The number of nitrogens with one attached hydrogen (secondary N) is 2. The van der Waals surface area contributed by atoms with Crippen molar-refractivity contribution in [2.24, 2.45) is 5.73 Å². The third-order valence-corrected chi connectivity index (χ3v) is 4.51. The lowest BCUT2D eigenvalue weighted by Crippen LogP contribution is -2.37. The first-order valence-corrected chi connectivity index (χ1v) is 8.81. The fraction of sp³-hybridized carbons (Fsp3) is 0.111. The number of aromatic amines is 1. The number of hydrogen-bond acceptors (Lipinski definition) is 3. The van der Waals surface area contributed by atoms with E-state index < -0.39 is 6.04 Å². The highest BCUT2D eigenvalue weighted by molar-refractivity contribution is 9.10. The van der Waals surface area contributed by atoms with E-state index in [-0.39, 0.29) is 5.91 Å². The highest BCUT2D eigenvalue weighted by Crippen LogP contribution is 2.30. The Balaban J connectivity index is 1.68. The molecule has 3 aromatic rings. The molecule has 7 heteroatoms. The van der Waals surface area contributed by atoms with E-state index in [0.717, 1.165) is 15.6 Å². The number of amides is 1. The second-order valence-corrected chi connectivity index (χ2v) is 6.90. The molecule has 0 aliphatic carbocycles. The molecule has 0 aliphatic heterocycles. The van der Waals surface area contributed by atoms with Crippen LogP contribution < -0.4 is 11.1 Å². The van der Waals surface area contributed by atoms with Crippen LogP contribution in [0.1, 0.15) is 5.56 Å². The summed E-state index contributed by atoms with van der Waals surface area (Å²) in [6, 6.07) is 16.2. The van der Waals surface area contributed by atoms with Gasteiger partial charge in [0.05, 0.1) is 16.8 Å². The average Bonchev–Trinajstić information content (AvgIpc) is 3.06. The maximum atomic E-state index is 12.3. The summed E-state index contributed by atoms with van der Waals surface area (Å²) in [6.07, 6.45) is 0.460. The number of benzene rings is 2. The Hall–Kier alpha value is -2.15. The van der Waals surface area contributed by atoms with Gasteiger partial charge in [0.1, 0.15) is 0 Å². The molecule has 0 saturated heterocycles. The van der Waals surface area contributed by atoms with E-state index in [1.807, 2.05) is 42.5 Å². The lowest BCUT2D eigenvalue weighted by atomic mass is 10.1. The van der Waals surface area contributed by atoms with Gasteiger partial charge in [0, 0.05) is 16.1 Å². The van der Waals surface area contributed by atoms with E-state index in [4.69, 9.17) is 17.3 Å². The van der Waals surface area contributed by atoms with Crippen LogP contribution in [0.5, 0.6) is 0 Å². The normalized spacial score (nSPS) is 12.0. The summed E-state index contributed by atoms with van der Waals surface area (Å²) in [5, 5.41) is 10.3. The van der Waals surface area contributed by atoms with Crippen molar-refractivity contribution in [2.75, 3.05) is 5.32 Å². The van der Waals surface area contributed by atoms with Crippen LogP contribution in [-0.2, 0) is 11.2 Å². The number of halogens is 2. The molecule has 3 rings (SSSR count). The Morgan fingerprint density at radius 3 is 2.76 bits per heavy atom. The minimum Gasteiger partial charge on any atom is -0.320 e. The van der Waals surface area contributed by atoms with Gasteiger partial charge in [0.25, 0.3) is 0 Å². The van der Waals surface area contributed by atoms with Gasteiger partial charge in [0.15, 0.2) is 5.82 Å². The lowest BCUT2D eigenvalue weighted by molar-refractivity contribution is -0.117. The molecular weight excluding hydrogens is 404 g/mol. The van der Waals surface area contributed by atoms with Crippen LogP contribution in [0.3, 0.4) is 0 Å². The van der Waals surface area contributed by atoms with Gasteiger partial charge < -0.3 is 11.1 Å². The van der Waals surface area contributed by atoms with Crippen molar-refractivity contribution in [1.82, 2.24) is 10.2 Å². The van der Waals surface area contributed by atoms with Crippen LogP contribution in [-0.4, -0.2) is 22.1 Å². The fourth-order valence-electron chi connectivity index (χ4n) is 2.41. The van der Waals surface area contributed by atoms with Crippen molar-refractivity contribution in [3.8, 4) is 11.3 Å². The van der Waals surface area contributed by atoms with E-state index >= 15 is 0 Å². The summed E-state index contributed by atoms with van der Waals surface area (Å²) >= 11 is 9.62. The molecule has 25 heavy (non-hydrogen) atoms. The zero-order valence-corrected chi connectivity index (χ0v) is 15.5. The summed E-state index contributed by atoms with van der Waals surface area (Å²) in [7, 11) is 0. The van der Waals surface area contributed by atoms with E-state index in [2.05, 4.69) is 31.4 Å². The third-order valence-electron chi connectivity index (χ3n) is 3.68. The van der Waals surface area contributed by atoms with Gasteiger partial charge in [-0.1, -0.05) is 57.9 Å². The van der Waals surface area contributed by atoms with Crippen LogP contribution in [0.4, 0.5) is 5.82 Å². The number of nitrogens with two attached hydrogens (primary N) is 1. The molecule has 0 unspecified atom stereocenters. The Bertz CT molecular complexity index is 882. The summed E-state index contributed by atoms with van der Waals surface area (Å²) in [4.78, 5) is 12.3. The van der Waals surface area contributed by atoms with Crippen LogP contribution in [0.15, 0.2) is 59.1 Å². The zero-order valence-electron chi connectivity index (χ0n) is 13.2. The number of anilines is 1. The van der Waals surface area contributed by atoms with Crippen molar-refractivity contribution in [3.05, 3.63) is 69.7 Å². The van der Waals surface area contributed by atoms with Crippen molar-refractivity contribution >= 4 is 39.3 Å². The molecule has 2 aromatic carbocycles. The minimum atomic E-state index is -0.656.